The highest BCUT2D eigenvalue weighted by molar-refractivity contribution is 6.33. The first-order chi connectivity index (χ1) is 21.3. The van der Waals surface area contributed by atoms with Gasteiger partial charge in [-0.05, 0) is 70.2 Å². The average molecular weight is 691 g/mol. The Kier molecular flexibility index (Phi) is 12.0. The third-order valence-corrected chi connectivity index (χ3v) is 9.20. The van der Waals surface area contributed by atoms with Gasteiger partial charge in [0.25, 0.3) is 0 Å². The van der Waals surface area contributed by atoms with Gasteiger partial charge in [0.1, 0.15) is 34.3 Å². The number of carbonyl (C=O) groups is 1. The normalized spacial score (nSPS) is 19.3. The number of ether oxygens (including phenoxy) is 1. The van der Waals surface area contributed by atoms with Crippen molar-refractivity contribution < 1.29 is 24.2 Å². The lowest BCUT2D eigenvalue weighted by molar-refractivity contribution is -0.159. The largest absolute Gasteiger partial charge is 0.507 e. The van der Waals surface area contributed by atoms with Crippen LogP contribution in [0.4, 0.5) is 0 Å². The van der Waals surface area contributed by atoms with Crippen LogP contribution in [0.5, 0.6) is 11.5 Å². The minimum atomic E-state index is -0.587. The molecule has 0 amide bonds. The van der Waals surface area contributed by atoms with Crippen molar-refractivity contribution in [3.05, 3.63) is 87.3 Å². The van der Waals surface area contributed by atoms with Gasteiger partial charge in [0.15, 0.2) is 5.43 Å². The molecule has 2 aromatic heterocycles. The van der Waals surface area contributed by atoms with E-state index >= 15 is 0 Å². The fraction of sp³-hybridized carbons (Fsp3) is 0.382. The number of aromatic hydroxyl groups is 2. The number of fused-ring (bicyclic) bond motifs is 1. The Bertz CT molecular complexity index is 1710. The van der Waals surface area contributed by atoms with E-state index in [0.29, 0.717) is 48.5 Å². The summed E-state index contributed by atoms with van der Waals surface area (Å²) in [5, 5.41) is 22.2. The zero-order chi connectivity index (χ0) is 30.8. The van der Waals surface area contributed by atoms with Crippen molar-refractivity contribution in [2.45, 2.75) is 37.7 Å². The van der Waals surface area contributed by atoms with Crippen LogP contribution in [0.25, 0.3) is 22.3 Å². The molecule has 0 aliphatic carbocycles. The third-order valence-electron chi connectivity index (χ3n) is 8.87. The maximum atomic E-state index is 13.5. The molecule has 2 aliphatic rings. The molecule has 4 heterocycles. The predicted octanol–water partition coefficient (Wildman–Crippen LogP) is 6.05. The number of hydrogen-bond acceptors (Lipinski definition) is 9. The molecule has 0 spiro atoms. The van der Waals surface area contributed by atoms with Gasteiger partial charge in [-0.3, -0.25) is 14.6 Å². The zero-order valence-corrected chi connectivity index (χ0v) is 27.8. The van der Waals surface area contributed by atoms with Gasteiger partial charge in [-0.2, -0.15) is 0 Å². The number of aromatic nitrogens is 1. The summed E-state index contributed by atoms with van der Waals surface area (Å²) in [4.78, 5) is 35.6. The van der Waals surface area contributed by atoms with Gasteiger partial charge in [0, 0.05) is 60.6 Å². The molecule has 12 heteroatoms. The number of rotatable bonds is 7. The topological polar surface area (TPSA) is 116 Å². The van der Waals surface area contributed by atoms with Gasteiger partial charge in [-0.1, -0.05) is 29.8 Å². The number of phenolic OH excluding ortho intramolecular Hbond substituents is 2. The third kappa shape index (κ3) is 7.61. The predicted molar refractivity (Wildman–Crippen MR) is 183 cm³/mol. The van der Waals surface area contributed by atoms with Crippen LogP contribution in [-0.2, 0) is 16.0 Å². The minimum absolute atomic E-state index is 0. The number of likely N-dealkylation sites (tertiary alicyclic amines) is 2. The molecule has 2 atom stereocenters. The Morgan fingerprint density at radius 2 is 1.76 bits per heavy atom. The van der Waals surface area contributed by atoms with E-state index in [9.17, 15) is 19.8 Å². The highest BCUT2D eigenvalue weighted by Crippen LogP contribution is 2.44. The second kappa shape index (κ2) is 15.5. The van der Waals surface area contributed by atoms with Gasteiger partial charge in [-0.15, -0.1) is 24.8 Å². The molecule has 2 saturated heterocycles. The number of phenols is 2. The number of halogens is 3. The van der Waals surface area contributed by atoms with Crippen molar-refractivity contribution in [3.63, 3.8) is 0 Å². The van der Waals surface area contributed by atoms with E-state index < -0.39 is 17.5 Å². The molecule has 4 aromatic rings. The van der Waals surface area contributed by atoms with Crippen LogP contribution >= 0.6 is 36.4 Å². The van der Waals surface area contributed by atoms with Crippen molar-refractivity contribution in [1.82, 2.24) is 14.8 Å². The summed E-state index contributed by atoms with van der Waals surface area (Å²) in [5.74, 6) is -1.30. The first kappa shape index (κ1) is 35.5. The second-order valence-corrected chi connectivity index (χ2v) is 12.2. The van der Waals surface area contributed by atoms with Crippen LogP contribution in [0, 0.1) is 5.92 Å². The summed E-state index contributed by atoms with van der Waals surface area (Å²) in [7, 11) is 1.96. The molecular weight excluding hydrogens is 653 g/mol. The molecule has 2 aromatic carbocycles. The summed E-state index contributed by atoms with van der Waals surface area (Å²) in [6.07, 6.45) is 4.05. The number of hydrogen-bond donors (Lipinski definition) is 2. The molecule has 246 valence electrons. The Hall–Kier alpha value is -3.34. The molecule has 0 bridgehead atoms. The van der Waals surface area contributed by atoms with Crippen molar-refractivity contribution in [3.8, 4) is 22.8 Å². The number of piperidine rings is 2. The number of carbonyl (C=O) groups excluding carboxylic acids is 1. The fourth-order valence-corrected chi connectivity index (χ4v) is 6.68. The van der Waals surface area contributed by atoms with Gasteiger partial charge in [-0.25, -0.2) is 0 Å². The summed E-state index contributed by atoms with van der Waals surface area (Å²) >= 11 is 6.41. The van der Waals surface area contributed by atoms with Crippen molar-refractivity contribution in [1.29, 1.82) is 0 Å². The lowest BCUT2D eigenvalue weighted by Crippen LogP contribution is -2.45. The van der Waals surface area contributed by atoms with Gasteiger partial charge < -0.3 is 29.2 Å². The number of likely N-dealkylation sites (N-methyl/N-ethyl adjacent to an activating group) is 1. The lowest BCUT2D eigenvalue weighted by Gasteiger charge is -2.38. The fourth-order valence-electron chi connectivity index (χ4n) is 6.45. The lowest BCUT2D eigenvalue weighted by atomic mass is 9.85. The minimum Gasteiger partial charge on any atom is -0.507 e. The quantitative estimate of drug-likeness (QED) is 0.224. The Labute approximate surface area is 285 Å². The van der Waals surface area contributed by atoms with E-state index in [2.05, 4.69) is 14.8 Å². The number of esters is 1. The number of pyridine rings is 1. The van der Waals surface area contributed by atoms with Crippen LogP contribution in [0.1, 0.15) is 36.4 Å². The average Bonchev–Trinajstić information content (AvgIpc) is 3.01. The highest BCUT2D eigenvalue weighted by atomic mass is 35.5. The van der Waals surface area contributed by atoms with Crippen molar-refractivity contribution in [2.24, 2.45) is 5.92 Å². The maximum Gasteiger partial charge on any atom is 0.309 e. The maximum absolute atomic E-state index is 13.5. The molecule has 46 heavy (non-hydrogen) atoms. The van der Waals surface area contributed by atoms with E-state index in [4.69, 9.17) is 20.8 Å². The van der Waals surface area contributed by atoms with Crippen LogP contribution in [0.2, 0.25) is 5.02 Å². The van der Waals surface area contributed by atoms with Gasteiger partial charge >= 0.3 is 5.97 Å². The second-order valence-electron chi connectivity index (χ2n) is 11.8. The Morgan fingerprint density at radius 1 is 1.02 bits per heavy atom. The number of nitrogens with zero attached hydrogens (tertiary/aromatic N) is 3. The number of benzene rings is 2. The van der Waals surface area contributed by atoms with E-state index in [0.717, 1.165) is 31.7 Å². The molecule has 2 N–H and O–H groups in total. The molecule has 6 rings (SSSR count). The molecule has 0 radical (unpaired) electrons. The van der Waals surface area contributed by atoms with Crippen molar-refractivity contribution in [2.75, 3.05) is 39.8 Å². The Balaban J connectivity index is 0.00000240. The smallest absolute Gasteiger partial charge is 0.309 e. The molecule has 0 unspecified atom stereocenters. The first-order valence-electron chi connectivity index (χ1n) is 15.1. The zero-order valence-electron chi connectivity index (χ0n) is 25.4. The summed E-state index contributed by atoms with van der Waals surface area (Å²) < 4.78 is 12.5. The van der Waals surface area contributed by atoms with E-state index in [1.54, 1.807) is 30.5 Å². The summed E-state index contributed by atoms with van der Waals surface area (Å²) in [6.45, 7) is 3.64. The molecule has 0 saturated carbocycles. The molecular formula is C34H38Cl3N3O6. The summed E-state index contributed by atoms with van der Waals surface area (Å²) in [6, 6.07) is 15.4. The van der Waals surface area contributed by atoms with Crippen LogP contribution in [-0.4, -0.2) is 76.8 Å². The summed E-state index contributed by atoms with van der Waals surface area (Å²) in [5.41, 5.74) is 1.53. The standard InChI is InChI=1S/C34H36ClN3O6.2ClH/c1-37-14-12-24(30(20-37)44-34(42)21-9-15-38(16-10-21)17-11-22-6-4-5-13-36-22)31-26(39)18-27(40)32-28(41)19-29(43-33(31)32)23-7-2-3-8-25(23)35;;/h2-8,13,18-19,21,24,30,39-40H,9-12,14-17,20H2,1H3;2*1H/t24-,30+;;/m0../s1. The van der Waals surface area contributed by atoms with Gasteiger partial charge in [0.05, 0.1) is 10.9 Å². The first-order valence-corrected chi connectivity index (χ1v) is 15.4. The SMILES string of the molecule is CN1CC[C@H](c2c(O)cc(O)c3c(=O)cc(-c4ccccc4Cl)oc23)[C@H](OC(=O)C2CCN(CCc3ccccn3)CC2)C1.Cl.Cl. The van der Waals surface area contributed by atoms with E-state index in [-0.39, 0.29) is 64.9 Å². The van der Waals surface area contributed by atoms with Crippen molar-refractivity contribution >= 4 is 53.4 Å². The monoisotopic (exact) mass is 689 g/mol. The van der Waals surface area contributed by atoms with Crippen LogP contribution < -0.4 is 5.43 Å². The van der Waals surface area contributed by atoms with Gasteiger partial charge in [0.2, 0.25) is 0 Å². The van der Waals surface area contributed by atoms with Crippen LogP contribution in [0.3, 0.4) is 0 Å². The van der Waals surface area contributed by atoms with Crippen LogP contribution in [0.15, 0.2) is 70.0 Å². The highest BCUT2D eigenvalue weighted by Gasteiger charge is 2.38. The molecule has 2 aliphatic heterocycles. The Morgan fingerprint density at radius 3 is 2.48 bits per heavy atom. The molecule has 9 nitrogen and oxygen atoms in total. The molecule has 2 fully saturated rings. The van der Waals surface area contributed by atoms with E-state index in [1.165, 1.54) is 12.1 Å². The van der Waals surface area contributed by atoms with E-state index in [1.807, 2.05) is 25.2 Å².